The zero-order valence-electron chi connectivity index (χ0n) is 13.4. The molecule has 2 heterocycles. The molecule has 6 heteroatoms. The lowest BCUT2D eigenvalue weighted by Crippen LogP contribution is -2.49. The minimum atomic E-state index is -0.0460. The zero-order chi connectivity index (χ0) is 15.4. The van der Waals surface area contributed by atoms with Crippen LogP contribution in [0.4, 0.5) is 5.69 Å². The number of nitrogens with one attached hydrogen (secondary N) is 1. The van der Waals surface area contributed by atoms with Gasteiger partial charge in [-0.05, 0) is 12.3 Å². The Morgan fingerprint density at radius 2 is 2.00 bits per heavy atom. The van der Waals surface area contributed by atoms with Crippen molar-refractivity contribution < 1.29 is 4.79 Å². The Balaban J connectivity index is 1.96. The molecule has 3 N–H and O–H groups in total. The normalized spacial score (nSPS) is 16.7. The number of aryl methyl sites for hydroxylation is 1. The van der Waals surface area contributed by atoms with Gasteiger partial charge in [0.1, 0.15) is 0 Å². The maximum absolute atomic E-state index is 12.5. The lowest BCUT2D eigenvalue weighted by atomic mass is 10.1. The molecule has 1 aliphatic heterocycles. The first-order valence-corrected chi connectivity index (χ1v) is 7.87. The van der Waals surface area contributed by atoms with E-state index in [0.29, 0.717) is 17.3 Å². The van der Waals surface area contributed by atoms with E-state index in [1.807, 2.05) is 4.90 Å². The minimum Gasteiger partial charge on any atom is -0.395 e. The van der Waals surface area contributed by atoms with Crippen molar-refractivity contribution >= 4 is 11.6 Å². The highest BCUT2D eigenvalue weighted by Crippen LogP contribution is 2.18. The molecule has 2 rings (SSSR count). The molecule has 0 unspecified atom stereocenters. The van der Waals surface area contributed by atoms with Crippen molar-refractivity contribution in [3.05, 3.63) is 11.4 Å². The number of anilines is 1. The second-order valence-corrected chi connectivity index (χ2v) is 6.20. The van der Waals surface area contributed by atoms with Gasteiger partial charge in [0.2, 0.25) is 0 Å². The van der Waals surface area contributed by atoms with Crippen molar-refractivity contribution in [2.75, 3.05) is 38.5 Å². The zero-order valence-corrected chi connectivity index (χ0v) is 13.4. The SMILES string of the molecule is CCCc1[nH]nc(C(=O)N2CCN(CC(C)C)CC2)c1N. The number of nitrogens with zero attached hydrogens (tertiary/aromatic N) is 3. The van der Waals surface area contributed by atoms with Gasteiger partial charge in [0.15, 0.2) is 5.69 Å². The first-order valence-electron chi connectivity index (χ1n) is 7.87. The summed E-state index contributed by atoms with van der Waals surface area (Å²) in [5.41, 5.74) is 7.82. The highest BCUT2D eigenvalue weighted by molar-refractivity contribution is 5.97. The molecule has 0 radical (unpaired) electrons. The van der Waals surface area contributed by atoms with Crippen LogP contribution in [0.3, 0.4) is 0 Å². The van der Waals surface area contributed by atoms with Crippen LogP contribution in [0.1, 0.15) is 43.4 Å². The summed E-state index contributed by atoms with van der Waals surface area (Å²) in [6.45, 7) is 11.0. The number of aromatic nitrogens is 2. The van der Waals surface area contributed by atoms with Crippen LogP contribution in [0.2, 0.25) is 0 Å². The topological polar surface area (TPSA) is 78.2 Å². The van der Waals surface area contributed by atoms with E-state index in [4.69, 9.17) is 5.73 Å². The molecular weight excluding hydrogens is 266 g/mol. The van der Waals surface area contributed by atoms with Crippen molar-refractivity contribution in [3.8, 4) is 0 Å². The van der Waals surface area contributed by atoms with Crippen LogP contribution >= 0.6 is 0 Å². The molecule has 1 aromatic rings. The fourth-order valence-electron chi connectivity index (χ4n) is 2.79. The third kappa shape index (κ3) is 3.75. The fraction of sp³-hybridized carbons (Fsp3) is 0.733. The number of carbonyl (C=O) groups excluding carboxylic acids is 1. The van der Waals surface area contributed by atoms with Gasteiger partial charge in [-0.25, -0.2) is 0 Å². The van der Waals surface area contributed by atoms with E-state index < -0.39 is 0 Å². The molecule has 0 saturated carbocycles. The van der Waals surface area contributed by atoms with E-state index >= 15 is 0 Å². The fourth-order valence-corrected chi connectivity index (χ4v) is 2.79. The summed E-state index contributed by atoms with van der Waals surface area (Å²) >= 11 is 0. The number of H-pyrrole nitrogens is 1. The number of nitrogen functional groups attached to an aromatic ring is 1. The Morgan fingerprint density at radius 3 is 2.57 bits per heavy atom. The number of hydrogen-bond donors (Lipinski definition) is 2. The largest absolute Gasteiger partial charge is 0.395 e. The van der Waals surface area contributed by atoms with E-state index in [1.165, 1.54) is 0 Å². The third-order valence-electron chi connectivity index (χ3n) is 3.87. The number of piperazine rings is 1. The molecule has 1 aromatic heterocycles. The van der Waals surface area contributed by atoms with Gasteiger partial charge in [0.05, 0.1) is 11.4 Å². The van der Waals surface area contributed by atoms with Crippen LogP contribution in [-0.2, 0) is 6.42 Å². The van der Waals surface area contributed by atoms with Crippen LogP contribution < -0.4 is 5.73 Å². The quantitative estimate of drug-likeness (QED) is 0.859. The standard InChI is InChI=1S/C15H27N5O/c1-4-5-12-13(16)14(18-17-12)15(21)20-8-6-19(7-9-20)10-11(2)3/h11H,4-10,16H2,1-3H3,(H,17,18). The molecule has 0 aliphatic carbocycles. The summed E-state index contributed by atoms with van der Waals surface area (Å²) in [6, 6.07) is 0. The van der Waals surface area contributed by atoms with Crippen LogP contribution in [-0.4, -0.2) is 58.6 Å². The second kappa shape index (κ2) is 6.93. The van der Waals surface area contributed by atoms with Crippen molar-refractivity contribution in [2.45, 2.75) is 33.6 Å². The van der Waals surface area contributed by atoms with Crippen LogP contribution in [0.5, 0.6) is 0 Å². The molecular formula is C15H27N5O. The summed E-state index contributed by atoms with van der Waals surface area (Å²) in [6.07, 6.45) is 1.81. The van der Waals surface area contributed by atoms with E-state index in [0.717, 1.165) is 51.3 Å². The van der Waals surface area contributed by atoms with Crippen molar-refractivity contribution in [3.63, 3.8) is 0 Å². The first-order chi connectivity index (χ1) is 10.0. The number of hydrogen-bond acceptors (Lipinski definition) is 4. The average Bonchev–Trinajstić information content (AvgIpc) is 2.80. The molecule has 0 aromatic carbocycles. The summed E-state index contributed by atoms with van der Waals surface area (Å²) in [5.74, 6) is 0.612. The van der Waals surface area contributed by atoms with E-state index in [2.05, 4.69) is 35.9 Å². The van der Waals surface area contributed by atoms with Crippen LogP contribution in [0.25, 0.3) is 0 Å². The van der Waals surface area contributed by atoms with Gasteiger partial charge < -0.3 is 10.6 Å². The highest BCUT2D eigenvalue weighted by Gasteiger charge is 2.26. The summed E-state index contributed by atoms with van der Waals surface area (Å²) in [5, 5.41) is 7.02. The molecule has 1 fully saturated rings. The summed E-state index contributed by atoms with van der Waals surface area (Å²) in [4.78, 5) is 16.8. The Labute approximate surface area is 126 Å². The predicted octanol–water partition coefficient (Wildman–Crippen LogP) is 1.36. The third-order valence-corrected chi connectivity index (χ3v) is 3.87. The van der Waals surface area contributed by atoms with Gasteiger partial charge in [-0.1, -0.05) is 27.2 Å². The lowest BCUT2D eigenvalue weighted by Gasteiger charge is -2.35. The molecule has 21 heavy (non-hydrogen) atoms. The number of carbonyl (C=O) groups is 1. The molecule has 6 nitrogen and oxygen atoms in total. The molecule has 1 aliphatic rings. The first kappa shape index (κ1) is 15.8. The molecule has 0 bridgehead atoms. The lowest BCUT2D eigenvalue weighted by molar-refractivity contribution is 0.0619. The van der Waals surface area contributed by atoms with E-state index in [1.54, 1.807) is 0 Å². The summed E-state index contributed by atoms with van der Waals surface area (Å²) < 4.78 is 0. The van der Waals surface area contributed by atoms with Crippen molar-refractivity contribution in [1.29, 1.82) is 0 Å². The maximum atomic E-state index is 12.5. The van der Waals surface area contributed by atoms with Gasteiger partial charge in [0, 0.05) is 32.7 Å². The molecule has 0 atom stereocenters. The Morgan fingerprint density at radius 1 is 1.33 bits per heavy atom. The van der Waals surface area contributed by atoms with Crippen molar-refractivity contribution in [2.24, 2.45) is 5.92 Å². The van der Waals surface area contributed by atoms with Gasteiger partial charge in [-0.3, -0.25) is 14.8 Å². The molecule has 0 spiro atoms. The average molecular weight is 293 g/mol. The number of amides is 1. The van der Waals surface area contributed by atoms with Gasteiger partial charge in [0.25, 0.3) is 5.91 Å². The molecule has 1 amide bonds. The Bertz CT molecular complexity index is 474. The number of nitrogens with two attached hydrogens (primary N) is 1. The molecule has 1 saturated heterocycles. The smallest absolute Gasteiger partial charge is 0.276 e. The Hall–Kier alpha value is -1.56. The number of rotatable bonds is 5. The Kier molecular flexibility index (Phi) is 5.22. The maximum Gasteiger partial charge on any atom is 0.276 e. The highest BCUT2D eigenvalue weighted by atomic mass is 16.2. The van der Waals surface area contributed by atoms with Crippen LogP contribution in [0, 0.1) is 5.92 Å². The monoisotopic (exact) mass is 293 g/mol. The van der Waals surface area contributed by atoms with Crippen molar-refractivity contribution in [1.82, 2.24) is 20.0 Å². The van der Waals surface area contributed by atoms with E-state index in [-0.39, 0.29) is 5.91 Å². The molecule has 118 valence electrons. The second-order valence-electron chi connectivity index (χ2n) is 6.20. The minimum absolute atomic E-state index is 0.0460. The van der Waals surface area contributed by atoms with Gasteiger partial charge >= 0.3 is 0 Å². The van der Waals surface area contributed by atoms with Gasteiger partial charge in [-0.2, -0.15) is 5.10 Å². The number of aromatic amines is 1. The summed E-state index contributed by atoms with van der Waals surface area (Å²) in [7, 11) is 0. The van der Waals surface area contributed by atoms with E-state index in [9.17, 15) is 4.79 Å². The van der Waals surface area contributed by atoms with Crippen LogP contribution in [0.15, 0.2) is 0 Å². The van der Waals surface area contributed by atoms with Gasteiger partial charge in [-0.15, -0.1) is 0 Å². The predicted molar refractivity (Wildman–Crippen MR) is 84.2 cm³/mol.